The molecule has 6 heteroatoms. The van der Waals surface area contributed by atoms with Crippen LogP contribution < -0.4 is 0 Å². The number of halogens is 1. The first kappa shape index (κ1) is 9.48. The van der Waals surface area contributed by atoms with Gasteiger partial charge in [-0.15, -0.1) is 10.2 Å². The lowest BCUT2D eigenvalue weighted by Gasteiger charge is -1.99. The summed E-state index contributed by atoms with van der Waals surface area (Å²) in [5.74, 6) is 0. The second-order valence-electron chi connectivity index (χ2n) is 2.62. The van der Waals surface area contributed by atoms with Gasteiger partial charge in [0.15, 0.2) is 10.3 Å². The molecule has 2 rings (SSSR count). The van der Waals surface area contributed by atoms with Gasteiger partial charge in [-0.3, -0.25) is 0 Å². The minimum absolute atomic E-state index is 0.397. The van der Waals surface area contributed by atoms with Crippen molar-refractivity contribution >= 4 is 23.4 Å². The molecule has 2 heterocycles. The Balaban J connectivity index is 2.19. The minimum atomic E-state index is 0.397. The number of hydrogen-bond acceptors (Lipinski definition) is 4. The zero-order chi connectivity index (χ0) is 9.97. The van der Waals surface area contributed by atoms with E-state index in [1.165, 1.54) is 11.8 Å². The molecule has 0 saturated carbocycles. The second kappa shape index (κ2) is 3.98. The predicted octanol–water partition coefficient (Wildman–Crippen LogP) is 2.01. The smallest absolute Gasteiger partial charge is 0.174 e. The molecule has 72 valence electrons. The van der Waals surface area contributed by atoms with Crippen LogP contribution in [0.1, 0.15) is 0 Å². The molecule has 0 aromatic carbocycles. The molecule has 0 amide bonds. The maximum atomic E-state index is 5.62. The third kappa shape index (κ3) is 2.05. The molecule has 0 radical (unpaired) electrons. The van der Waals surface area contributed by atoms with Crippen LogP contribution in [0.15, 0.2) is 34.7 Å². The highest BCUT2D eigenvalue weighted by atomic mass is 35.5. The van der Waals surface area contributed by atoms with Crippen molar-refractivity contribution in [3.05, 3.63) is 29.7 Å². The average molecular weight is 227 g/mol. The molecule has 0 fully saturated rings. The topological polar surface area (TPSA) is 43.6 Å². The van der Waals surface area contributed by atoms with Crippen molar-refractivity contribution in [2.24, 2.45) is 7.05 Å². The van der Waals surface area contributed by atoms with Crippen molar-refractivity contribution < 1.29 is 0 Å². The first-order chi connectivity index (χ1) is 6.75. The molecule has 4 nitrogen and oxygen atoms in total. The van der Waals surface area contributed by atoms with E-state index in [-0.39, 0.29) is 0 Å². The molecule has 2 aromatic heterocycles. The lowest BCUT2D eigenvalue weighted by molar-refractivity contribution is 0.786. The maximum Gasteiger partial charge on any atom is 0.174 e. The van der Waals surface area contributed by atoms with E-state index in [9.17, 15) is 0 Å². The van der Waals surface area contributed by atoms with E-state index >= 15 is 0 Å². The van der Waals surface area contributed by atoms with Crippen LogP contribution in [0.3, 0.4) is 0 Å². The Morgan fingerprint density at radius 3 is 2.79 bits per heavy atom. The summed E-state index contributed by atoms with van der Waals surface area (Å²) in [4.78, 5) is 4.16. The van der Waals surface area contributed by atoms with Gasteiger partial charge in [-0.05, 0) is 23.9 Å². The fraction of sp³-hybridized carbons (Fsp3) is 0.125. The summed E-state index contributed by atoms with van der Waals surface area (Å²) in [6, 6.07) is 3.52. The van der Waals surface area contributed by atoms with Crippen molar-refractivity contribution in [3.63, 3.8) is 0 Å². The summed E-state index contributed by atoms with van der Waals surface area (Å²) in [5.41, 5.74) is 0. The van der Waals surface area contributed by atoms with Gasteiger partial charge in [-0.1, -0.05) is 11.6 Å². The monoisotopic (exact) mass is 226 g/mol. The Morgan fingerprint density at radius 2 is 2.21 bits per heavy atom. The van der Waals surface area contributed by atoms with E-state index in [0.29, 0.717) is 5.15 Å². The fourth-order valence-electron chi connectivity index (χ4n) is 0.902. The van der Waals surface area contributed by atoms with Crippen LogP contribution in [0.25, 0.3) is 0 Å². The van der Waals surface area contributed by atoms with Gasteiger partial charge in [0.1, 0.15) is 5.03 Å². The van der Waals surface area contributed by atoms with E-state index in [2.05, 4.69) is 15.2 Å². The third-order valence-electron chi connectivity index (χ3n) is 1.58. The van der Waals surface area contributed by atoms with Crippen LogP contribution in [0.2, 0.25) is 5.15 Å². The van der Waals surface area contributed by atoms with Crippen molar-refractivity contribution in [2.75, 3.05) is 0 Å². The Hall–Kier alpha value is -1.07. The average Bonchev–Trinajstić information content (AvgIpc) is 2.56. The summed E-state index contributed by atoms with van der Waals surface area (Å²) in [6.45, 7) is 0. The van der Waals surface area contributed by atoms with Gasteiger partial charge >= 0.3 is 0 Å². The molecular formula is C8H7ClN4S. The number of aromatic nitrogens is 4. The number of hydrogen-bond donors (Lipinski definition) is 0. The maximum absolute atomic E-state index is 5.62. The van der Waals surface area contributed by atoms with Gasteiger partial charge < -0.3 is 4.57 Å². The zero-order valence-electron chi connectivity index (χ0n) is 7.38. The molecule has 0 aliphatic rings. The van der Waals surface area contributed by atoms with Crippen LogP contribution in [0.4, 0.5) is 0 Å². The summed E-state index contributed by atoms with van der Waals surface area (Å²) in [6.07, 6.45) is 3.62. The highest BCUT2D eigenvalue weighted by Crippen LogP contribution is 2.23. The van der Waals surface area contributed by atoms with Crippen LogP contribution in [0.5, 0.6) is 0 Å². The van der Waals surface area contributed by atoms with Crippen LogP contribution >= 0.6 is 23.4 Å². The van der Waals surface area contributed by atoms with E-state index in [1.54, 1.807) is 12.3 Å². The predicted molar refractivity (Wildman–Crippen MR) is 54.4 cm³/mol. The van der Waals surface area contributed by atoms with Crippen molar-refractivity contribution in [1.29, 1.82) is 0 Å². The number of imidazole rings is 1. The standard InChI is InChI=1S/C8H7ClN4S/c1-13-5-4-10-8(13)14-7-3-2-6(9)11-12-7/h2-5H,1H3. The van der Waals surface area contributed by atoms with Crippen LogP contribution in [-0.2, 0) is 7.05 Å². The molecule has 0 unspecified atom stereocenters. The molecule has 0 spiro atoms. The van der Waals surface area contributed by atoms with E-state index in [1.807, 2.05) is 23.9 Å². The van der Waals surface area contributed by atoms with Gasteiger partial charge in [0.2, 0.25) is 0 Å². The van der Waals surface area contributed by atoms with E-state index in [0.717, 1.165) is 10.2 Å². The second-order valence-corrected chi connectivity index (χ2v) is 3.99. The molecule has 0 N–H and O–H groups in total. The lowest BCUT2D eigenvalue weighted by Crippen LogP contribution is -1.90. The first-order valence-electron chi connectivity index (χ1n) is 3.90. The molecule has 0 atom stereocenters. The SMILES string of the molecule is Cn1ccnc1Sc1ccc(Cl)nn1. The van der Waals surface area contributed by atoms with Gasteiger partial charge in [0.05, 0.1) is 0 Å². The molecule has 14 heavy (non-hydrogen) atoms. The van der Waals surface area contributed by atoms with E-state index in [4.69, 9.17) is 11.6 Å². The van der Waals surface area contributed by atoms with Gasteiger partial charge in [0.25, 0.3) is 0 Å². The molecule has 0 aliphatic carbocycles. The Labute approximate surface area is 90.3 Å². The Morgan fingerprint density at radius 1 is 1.36 bits per heavy atom. The van der Waals surface area contributed by atoms with Gasteiger partial charge in [-0.25, -0.2) is 4.98 Å². The summed E-state index contributed by atoms with van der Waals surface area (Å²) >= 11 is 7.07. The quantitative estimate of drug-likeness (QED) is 0.786. The molecule has 2 aromatic rings. The molecule has 0 aliphatic heterocycles. The zero-order valence-corrected chi connectivity index (χ0v) is 8.96. The van der Waals surface area contributed by atoms with Crippen LogP contribution in [-0.4, -0.2) is 19.7 Å². The highest BCUT2D eigenvalue weighted by molar-refractivity contribution is 7.99. The molecule has 0 bridgehead atoms. The summed E-state index contributed by atoms with van der Waals surface area (Å²) < 4.78 is 1.92. The molecule has 0 saturated heterocycles. The Kier molecular flexibility index (Phi) is 2.69. The number of rotatable bonds is 2. The molecular weight excluding hydrogens is 220 g/mol. The number of aryl methyl sites for hydroxylation is 1. The summed E-state index contributed by atoms with van der Waals surface area (Å²) in [5, 5.41) is 9.72. The fourth-order valence-corrected chi connectivity index (χ4v) is 1.73. The van der Waals surface area contributed by atoms with Crippen molar-refractivity contribution in [3.8, 4) is 0 Å². The van der Waals surface area contributed by atoms with E-state index < -0.39 is 0 Å². The largest absolute Gasteiger partial charge is 0.329 e. The van der Waals surface area contributed by atoms with Gasteiger partial charge in [-0.2, -0.15) is 0 Å². The third-order valence-corrected chi connectivity index (χ3v) is 2.78. The first-order valence-corrected chi connectivity index (χ1v) is 5.09. The normalized spacial score (nSPS) is 10.4. The van der Waals surface area contributed by atoms with Crippen molar-refractivity contribution in [1.82, 2.24) is 19.7 Å². The minimum Gasteiger partial charge on any atom is -0.329 e. The summed E-state index contributed by atoms with van der Waals surface area (Å²) in [7, 11) is 1.93. The van der Waals surface area contributed by atoms with Crippen LogP contribution in [0, 0.1) is 0 Å². The highest BCUT2D eigenvalue weighted by Gasteiger charge is 2.03. The van der Waals surface area contributed by atoms with Crippen molar-refractivity contribution in [2.45, 2.75) is 10.2 Å². The number of nitrogens with zero attached hydrogens (tertiary/aromatic N) is 4. The van der Waals surface area contributed by atoms with Gasteiger partial charge in [0, 0.05) is 19.4 Å². The lowest BCUT2D eigenvalue weighted by atomic mass is 10.6. The Bertz CT molecular complexity index is 425.